The molecular formula is C17H32N2O4S. The highest BCUT2D eigenvalue weighted by Crippen LogP contribution is 2.33. The van der Waals surface area contributed by atoms with Crippen molar-refractivity contribution in [3.05, 3.63) is 0 Å². The lowest BCUT2D eigenvalue weighted by Gasteiger charge is -2.44. The number of sulfonamides is 1. The van der Waals surface area contributed by atoms with Crippen LogP contribution in [-0.2, 0) is 19.6 Å². The molecular weight excluding hydrogens is 328 g/mol. The fourth-order valence-electron chi connectivity index (χ4n) is 3.78. The Morgan fingerprint density at radius 1 is 1.25 bits per heavy atom. The van der Waals surface area contributed by atoms with Crippen molar-refractivity contribution < 1.29 is 17.9 Å². The van der Waals surface area contributed by atoms with E-state index < -0.39 is 16.1 Å². The van der Waals surface area contributed by atoms with Gasteiger partial charge in [0.25, 0.3) is 0 Å². The summed E-state index contributed by atoms with van der Waals surface area (Å²) in [6.07, 6.45) is 8.57. The van der Waals surface area contributed by atoms with E-state index in [1.165, 1.54) is 12.8 Å². The quantitative estimate of drug-likeness (QED) is 0.812. The van der Waals surface area contributed by atoms with E-state index in [-0.39, 0.29) is 17.4 Å². The van der Waals surface area contributed by atoms with E-state index >= 15 is 0 Å². The minimum atomic E-state index is -3.43. The van der Waals surface area contributed by atoms with Crippen LogP contribution >= 0.6 is 0 Å². The van der Waals surface area contributed by atoms with Crippen molar-refractivity contribution in [1.82, 2.24) is 9.62 Å². The standard InChI is InChI=1S/C17H32N2O4S/c1-4-14(2)15(18-24(3,21)22)16(20)19-11-12-23-17(13-19)9-7-5-6-8-10-17/h14-15,18H,4-13H2,1-3H3/t14-,15+/m1/s1. The van der Waals surface area contributed by atoms with Gasteiger partial charge < -0.3 is 9.64 Å². The first kappa shape index (κ1) is 19.7. The maximum Gasteiger partial charge on any atom is 0.241 e. The van der Waals surface area contributed by atoms with E-state index in [9.17, 15) is 13.2 Å². The van der Waals surface area contributed by atoms with Gasteiger partial charge in [0, 0.05) is 13.1 Å². The van der Waals surface area contributed by atoms with Crippen molar-refractivity contribution >= 4 is 15.9 Å². The Balaban J connectivity index is 2.13. The zero-order valence-corrected chi connectivity index (χ0v) is 16.0. The predicted molar refractivity (Wildman–Crippen MR) is 94.2 cm³/mol. The molecule has 7 heteroatoms. The maximum atomic E-state index is 13.0. The van der Waals surface area contributed by atoms with Crippen molar-refractivity contribution in [2.24, 2.45) is 5.92 Å². The minimum absolute atomic E-state index is 0.0415. The van der Waals surface area contributed by atoms with Gasteiger partial charge in [-0.15, -0.1) is 0 Å². The molecule has 1 amide bonds. The molecule has 0 aromatic carbocycles. The molecule has 1 N–H and O–H groups in total. The van der Waals surface area contributed by atoms with Gasteiger partial charge >= 0.3 is 0 Å². The second-order valence-corrected chi connectivity index (χ2v) is 9.24. The van der Waals surface area contributed by atoms with Crippen LogP contribution in [0.5, 0.6) is 0 Å². The lowest BCUT2D eigenvalue weighted by molar-refractivity contribution is -0.155. The zero-order valence-electron chi connectivity index (χ0n) is 15.2. The molecule has 1 saturated heterocycles. The average Bonchev–Trinajstić information content (AvgIpc) is 2.76. The van der Waals surface area contributed by atoms with Crippen LogP contribution in [-0.4, -0.2) is 56.8 Å². The average molecular weight is 361 g/mol. The van der Waals surface area contributed by atoms with E-state index in [4.69, 9.17) is 4.74 Å². The highest BCUT2D eigenvalue weighted by Gasteiger charge is 2.41. The molecule has 0 aromatic rings. The largest absolute Gasteiger partial charge is 0.371 e. The molecule has 2 rings (SSSR count). The molecule has 1 spiro atoms. The molecule has 2 atom stereocenters. The van der Waals surface area contributed by atoms with E-state index in [0.29, 0.717) is 19.7 Å². The van der Waals surface area contributed by atoms with Crippen LogP contribution in [0.25, 0.3) is 0 Å². The lowest BCUT2D eigenvalue weighted by atomic mass is 9.91. The van der Waals surface area contributed by atoms with E-state index in [2.05, 4.69) is 4.72 Å². The summed E-state index contributed by atoms with van der Waals surface area (Å²) in [4.78, 5) is 14.9. The third-order valence-corrected chi connectivity index (χ3v) is 6.08. The Labute approximate surface area is 146 Å². The number of hydrogen-bond donors (Lipinski definition) is 1. The number of ether oxygens (including phenoxy) is 1. The number of carbonyl (C=O) groups excluding carboxylic acids is 1. The van der Waals surface area contributed by atoms with Gasteiger partial charge in [-0.1, -0.05) is 46.0 Å². The number of morpholine rings is 1. The summed E-state index contributed by atoms with van der Waals surface area (Å²) >= 11 is 0. The van der Waals surface area contributed by atoms with Crippen molar-refractivity contribution in [2.45, 2.75) is 70.4 Å². The van der Waals surface area contributed by atoms with Crippen molar-refractivity contribution in [1.29, 1.82) is 0 Å². The van der Waals surface area contributed by atoms with E-state index in [1.807, 2.05) is 18.7 Å². The molecule has 1 saturated carbocycles. The van der Waals surface area contributed by atoms with Gasteiger partial charge in [-0.25, -0.2) is 13.1 Å². The number of rotatable bonds is 5. The number of hydrogen-bond acceptors (Lipinski definition) is 4. The van der Waals surface area contributed by atoms with Crippen LogP contribution in [0.1, 0.15) is 58.8 Å². The van der Waals surface area contributed by atoms with E-state index in [0.717, 1.165) is 38.4 Å². The molecule has 2 aliphatic rings. The molecule has 1 aliphatic heterocycles. The second-order valence-electron chi connectivity index (χ2n) is 7.46. The van der Waals surface area contributed by atoms with Crippen LogP contribution in [0.4, 0.5) is 0 Å². The zero-order chi connectivity index (χ0) is 17.8. The summed E-state index contributed by atoms with van der Waals surface area (Å²) < 4.78 is 32.0. The molecule has 2 fully saturated rings. The first-order chi connectivity index (χ1) is 11.3. The third kappa shape index (κ3) is 5.17. The van der Waals surface area contributed by atoms with Crippen molar-refractivity contribution in [2.75, 3.05) is 26.0 Å². The Hall–Kier alpha value is -0.660. The van der Waals surface area contributed by atoms with Gasteiger partial charge in [0.15, 0.2) is 0 Å². The summed E-state index contributed by atoms with van der Waals surface area (Å²) in [6.45, 7) is 5.56. The molecule has 1 aliphatic carbocycles. The third-order valence-electron chi connectivity index (χ3n) is 5.40. The molecule has 24 heavy (non-hydrogen) atoms. The first-order valence-corrected chi connectivity index (χ1v) is 11.1. The summed E-state index contributed by atoms with van der Waals surface area (Å²) in [6, 6.07) is -0.689. The maximum absolute atomic E-state index is 13.0. The van der Waals surface area contributed by atoms with Gasteiger partial charge in [-0.3, -0.25) is 4.79 Å². The minimum Gasteiger partial charge on any atom is -0.371 e. The number of nitrogens with one attached hydrogen (secondary N) is 1. The molecule has 6 nitrogen and oxygen atoms in total. The highest BCUT2D eigenvalue weighted by molar-refractivity contribution is 7.88. The summed E-state index contributed by atoms with van der Waals surface area (Å²) in [7, 11) is -3.43. The predicted octanol–water partition coefficient (Wildman–Crippen LogP) is 1.90. The Bertz CT molecular complexity index is 527. The molecule has 0 bridgehead atoms. The van der Waals surface area contributed by atoms with Gasteiger partial charge in [-0.2, -0.15) is 0 Å². The summed E-state index contributed by atoms with van der Waals surface area (Å²) in [5.74, 6) is -0.151. The Morgan fingerprint density at radius 2 is 1.88 bits per heavy atom. The first-order valence-electron chi connectivity index (χ1n) is 9.16. The van der Waals surface area contributed by atoms with Crippen LogP contribution in [0.15, 0.2) is 0 Å². The smallest absolute Gasteiger partial charge is 0.241 e. The topological polar surface area (TPSA) is 75.7 Å². The lowest BCUT2D eigenvalue weighted by Crippen LogP contribution is -2.59. The van der Waals surface area contributed by atoms with Gasteiger partial charge in [0.05, 0.1) is 18.5 Å². The SMILES string of the molecule is CC[C@@H](C)[C@H](NS(C)(=O)=O)C(=O)N1CCOC2(CCCCCC2)C1. The number of amides is 1. The summed E-state index contributed by atoms with van der Waals surface area (Å²) in [5, 5.41) is 0. The molecule has 0 unspecified atom stereocenters. The fraction of sp³-hybridized carbons (Fsp3) is 0.941. The number of nitrogens with zero attached hydrogens (tertiary/aromatic N) is 1. The van der Waals surface area contributed by atoms with Crippen LogP contribution in [0.3, 0.4) is 0 Å². The fourth-order valence-corrected chi connectivity index (χ4v) is 4.58. The summed E-state index contributed by atoms with van der Waals surface area (Å²) in [5.41, 5.74) is -0.227. The normalized spacial score (nSPS) is 24.4. The Kier molecular flexibility index (Phi) is 6.67. The highest BCUT2D eigenvalue weighted by atomic mass is 32.2. The van der Waals surface area contributed by atoms with Crippen LogP contribution in [0, 0.1) is 5.92 Å². The van der Waals surface area contributed by atoms with Gasteiger partial charge in [0.1, 0.15) is 6.04 Å². The van der Waals surface area contributed by atoms with Crippen molar-refractivity contribution in [3.8, 4) is 0 Å². The van der Waals surface area contributed by atoms with Crippen LogP contribution in [0.2, 0.25) is 0 Å². The second kappa shape index (κ2) is 8.15. The van der Waals surface area contributed by atoms with Crippen molar-refractivity contribution in [3.63, 3.8) is 0 Å². The number of carbonyl (C=O) groups is 1. The molecule has 0 aromatic heterocycles. The molecule has 1 heterocycles. The Morgan fingerprint density at radius 3 is 2.42 bits per heavy atom. The molecule has 140 valence electrons. The van der Waals surface area contributed by atoms with Gasteiger partial charge in [0.2, 0.25) is 15.9 Å². The van der Waals surface area contributed by atoms with Gasteiger partial charge in [-0.05, 0) is 18.8 Å². The molecule has 0 radical (unpaired) electrons. The van der Waals surface area contributed by atoms with Crippen LogP contribution < -0.4 is 4.72 Å². The van der Waals surface area contributed by atoms with E-state index in [1.54, 1.807) is 0 Å². The monoisotopic (exact) mass is 360 g/mol.